The van der Waals surface area contributed by atoms with Crippen molar-refractivity contribution in [2.75, 3.05) is 20.2 Å². The van der Waals surface area contributed by atoms with Crippen molar-refractivity contribution in [3.63, 3.8) is 0 Å². The van der Waals surface area contributed by atoms with Crippen molar-refractivity contribution in [3.8, 4) is 0 Å². The summed E-state index contributed by atoms with van der Waals surface area (Å²) >= 11 is 0. The van der Waals surface area contributed by atoms with Gasteiger partial charge >= 0.3 is 0 Å². The first-order chi connectivity index (χ1) is 7.83. The highest BCUT2D eigenvalue weighted by atomic mass is 16.5. The third kappa shape index (κ3) is 2.45. The van der Waals surface area contributed by atoms with E-state index in [2.05, 4.69) is 42.2 Å². The minimum absolute atomic E-state index is 0.194. The Morgan fingerprint density at radius 3 is 2.31 bits per heavy atom. The lowest BCUT2D eigenvalue weighted by molar-refractivity contribution is 0.0292. The van der Waals surface area contributed by atoms with Gasteiger partial charge in [0.1, 0.15) is 0 Å². The van der Waals surface area contributed by atoms with Crippen molar-refractivity contribution in [2.24, 2.45) is 0 Å². The molecule has 1 aromatic rings. The summed E-state index contributed by atoms with van der Waals surface area (Å²) in [5.74, 6) is 0. The molecule has 0 N–H and O–H groups in total. The standard InChI is InChI=1S/C14H21NO/c1-12(15-10-6-7-11-15)14(16-2)13-8-4-3-5-9-13/h3-5,8-9,12,14H,6-7,10-11H2,1-2H3/t12-,14+/m1/s1. The summed E-state index contributed by atoms with van der Waals surface area (Å²) in [5, 5.41) is 0. The van der Waals surface area contributed by atoms with Crippen molar-refractivity contribution in [1.29, 1.82) is 0 Å². The summed E-state index contributed by atoms with van der Waals surface area (Å²) in [6.45, 7) is 4.70. The second-order valence-electron chi connectivity index (χ2n) is 4.55. The quantitative estimate of drug-likeness (QED) is 0.772. The second kappa shape index (κ2) is 5.46. The van der Waals surface area contributed by atoms with E-state index < -0.39 is 0 Å². The Morgan fingerprint density at radius 2 is 1.75 bits per heavy atom. The van der Waals surface area contributed by atoms with Crippen LogP contribution >= 0.6 is 0 Å². The molecule has 0 aromatic heterocycles. The maximum absolute atomic E-state index is 5.67. The van der Waals surface area contributed by atoms with Gasteiger partial charge in [-0.1, -0.05) is 30.3 Å². The van der Waals surface area contributed by atoms with Gasteiger partial charge in [-0.05, 0) is 38.4 Å². The van der Waals surface area contributed by atoms with Gasteiger partial charge in [-0.25, -0.2) is 0 Å². The van der Waals surface area contributed by atoms with E-state index in [1.54, 1.807) is 0 Å². The minimum atomic E-state index is 0.194. The van der Waals surface area contributed by atoms with Gasteiger partial charge in [-0.15, -0.1) is 0 Å². The molecule has 1 heterocycles. The van der Waals surface area contributed by atoms with Crippen LogP contribution in [0.3, 0.4) is 0 Å². The third-order valence-electron chi connectivity index (χ3n) is 3.54. The van der Waals surface area contributed by atoms with Crippen LogP contribution in [0.15, 0.2) is 30.3 Å². The van der Waals surface area contributed by atoms with Crippen LogP contribution < -0.4 is 0 Å². The van der Waals surface area contributed by atoms with Gasteiger partial charge in [0.05, 0.1) is 6.10 Å². The average Bonchev–Trinajstić information content (AvgIpc) is 2.85. The zero-order valence-corrected chi connectivity index (χ0v) is 10.2. The molecule has 0 bridgehead atoms. The summed E-state index contributed by atoms with van der Waals surface area (Å²) < 4.78 is 5.67. The molecular formula is C14H21NO. The molecule has 0 amide bonds. The summed E-state index contributed by atoms with van der Waals surface area (Å²) in [5.41, 5.74) is 1.28. The van der Waals surface area contributed by atoms with Gasteiger partial charge in [0.25, 0.3) is 0 Å². The first-order valence-electron chi connectivity index (χ1n) is 6.14. The molecule has 1 saturated heterocycles. The van der Waals surface area contributed by atoms with Gasteiger partial charge in [0, 0.05) is 13.2 Å². The highest BCUT2D eigenvalue weighted by Gasteiger charge is 2.26. The number of hydrogen-bond donors (Lipinski definition) is 0. The average molecular weight is 219 g/mol. The van der Waals surface area contributed by atoms with Crippen LogP contribution in [0.4, 0.5) is 0 Å². The Bertz CT molecular complexity index is 306. The minimum Gasteiger partial charge on any atom is -0.375 e. The van der Waals surface area contributed by atoms with E-state index >= 15 is 0 Å². The van der Waals surface area contributed by atoms with Gasteiger partial charge in [0.2, 0.25) is 0 Å². The van der Waals surface area contributed by atoms with Crippen molar-refractivity contribution in [2.45, 2.75) is 31.9 Å². The topological polar surface area (TPSA) is 12.5 Å². The number of likely N-dealkylation sites (tertiary alicyclic amines) is 1. The molecule has 2 atom stereocenters. The molecule has 1 aliphatic rings. The summed E-state index contributed by atoms with van der Waals surface area (Å²) in [6, 6.07) is 11.0. The third-order valence-corrected chi connectivity index (χ3v) is 3.54. The molecule has 1 fully saturated rings. The zero-order chi connectivity index (χ0) is 11.4. The van der Waals surface area contributed by atoms with E-state index in [-0.39, 0.29) is 6.10 Å². The molecule has 0 spiro atoms. The molecule has 0 unspecified atom stereocenters. The Labute approximate surface area is 98.2 Å². The van der Waals surface area contributed by atoms with Crippen LogP contribution in [0.5, 0.6) is 0 Å². The molecule has 2 rings (SSSR count). The maximum atomic E-state index is 5.67. The second-order valence-corrected chi connectivity index (χ2v) is 4.55. The first-order valence-corrected chi connectivity index (χ1v) is 6.14. The summed E-state index contributed by atoms with van der Waals surface area (Å²) in [6.07, 6.45) is 2.85. The van der Waals surface area contributed by atoms with Crippen LogP contribution in [0, 0.1) is 0 Å². The summed E-state index contributed by atoms with van der Waals surface area (Å²) in [4.78, 5) is 2.53. The molecule has 0 radical (unpaired) electrons. The van der Waals surface area contributed by atoms with Gasteiger partial charge in [-0.2, -0.15) is 0 Å². The molecule has 1 aromatic carbocycles. The van der Waals surface area contributed by atoms with Crippen LogP contribution in [0.25, 0.3) is 0 Å². The number of rotatable bonds is 4. The van der Waals surface area contributed by atoms with Crippen molar-refractivity contribution < 1.29 is 4.74 Å². The van der Waals surface area contributed by atoms with Crippen molar-refractivity contribution in [3.05, 3.63) is 35.9 Å². The highest BCUT2D eigenvalue weighted by Crippen LogP contribution is 2.26. The Morgan fingerprint density at radius 1 is 1.12 bits per heavy atom. The summed E-state index contributed by atoms with van der Waals surface area (Å²) in [7, 11) is 1.81. The highest BCUT2D eigenvalue weighted by molar-refractivity contribution is 5.19. The van der Waals surface area contributed by atoms with E-state index in [1.807, 2.05) is 7.11 Å². The van der Waals surface area contributed by atoms with Crippen molar-refractivity contribution >= 4 is 0 Å². The molecule has 1 aliphatic heterocycles. The van der Waals surface area contributed by atoms with Gasteiger partial charge in [-0.3, -0.25) is 4.90 Å². The molecular weight excluding hydrogens is 198 g/mol. The fourth-order valence-corrected chi connectivity index (χ4v) is 2.59. The van der Waals surface area contributed by atoms with E-state index in [4.69, 9.17) is 4.74 Å². The van der Waals surface area contributed by atoms with E-state index in [0.717, 1.165) is 0 Å². The fourth-order valence-electron chi connectivity index (χ4n) is 2.59. The molecule has 2 heteroatoms. The largest absolute Gasteiger partial charge is 0.375 e. The monoisotopic (exact) mass is 219 g/mol. The predicted molar refractivity (Wildman–Crippen MR) is 66.5 cm³/mol. The predicted octanol–water partition coefficient (Wildman–Crippen LogP) is 2.86. The van der Waals surface area contributed by atoms with Crippen LogP contribution in [0.1, 0.15) is 31.4 Å². The number of hydrogen-bond acceptors (Lipinski definition) is 2. The number of ether oxygens (including phenoxy) is 1. The number of benzene rings is 1. The molecule has 2 nitrogen and oxygen atoms in total. The Kier molecular flexibility index (Phi) is 3.97. The lowest BCUT2D eigenvalue weighted by atomic mass is 10.0. The molecule has 88 valence electrons. The lowest BCUT2D eigenvalue weighted by Crippen LogP contribution is -2.36. The van der Waals surface area contributed by atoms with Crippen LogP contribution in [0.2, 0.25) is 0 Å². The van der Waals surface area contributed by atoms with Gasteiger partial charge in [0.15, 0.2) is 0 Å². The van der Waals surface area contributed by atoms with E-state index in [1.165, 1.54) is 31.5 Å². The smallest absolute Gasteiger partial charge is 0.0973 e. The van der Waals surface area contributed by atoms with Crippen LogP contribution in [-0.2, 0) is 4.74 Å². The van der Waals surface area contributed by atoms with E-state index in [0.29, 0.717) is 6.04 Å². The molecule has 0 aliphatic carbocycles. The Balaban J connectivity index is 2.09. The first kappa shape index (κ1) is 11.6. The molecule has 0 saturated carbocycles. The zero-order valence-electron chi connectivity index (χ0n) is 10.2. The number of nitrogens with zero attached hydrogens (tertiary/aromatic N) is 1. The van der Waals surface area contributed by atoms with Gasteiger partial charge < -0.3 is 4.74 Å². The lowest BCUT2D eigenvalue weighted by Gasteiger charge is -2.31. The maximum Gasteiger partial charge on any atom is 0.0973 e. The van der Waals surface area contributed by atoms with E-state index in [9.17, 15) is 0 Å². The van der Waals surface area contributed by atoms with Crippen molar-refractivity contribution in [1.82, 2.24) is 4.90 Å². The normalized spacial score (nSPS) is 20.9. The Hall–Kier alpha value is -0.860. The van der Waals surface area contributed by atoms with Crippen LogP contribution in [-0.4, -0.2) is 31.1 Å². The SMILES string of the molecule is CO[C@H](c1ccccc1)[C@@H](C)N1CCCC1. The number of methoxy groups -OCH3 is 1. The molecule has 16 heavy (non-hydrogen) atoms. The fraction of sp³-hybridized carbons (Fsp3) is 0.571.